The lowest BCUT2D eigenvalue weighted by molar-refractivity contribution is -0.140. The van der Waals surface area contributed by atoms with Gasteiger partial charge in [0.25, 0.3) is 0 Å². The molecule has 1 aromatic heterocycles. The number of nitrogens with two attached hydrogens (primary N) is 1. The fourth-order valence-corrected chi connectivity index (χ4v) is 3.52. The number of hydrogen-bond donors (Lipinski definition) is 4. The zero-order valence-corrected chi connectivity index (χ0v) is 14.8. The van der Waals surface area contributed by atoms with Crippen LogP contribution in [0.4, 0.5) is 23.2 Å². The van der Waals surface area contributed by atoms with Crippen molar-refractivity contribution in [1.82, 2.24) is 14.9 Å². The van der Waals surface area contributed by atoms with E-state index in [9.17, 15) is 22.7 Å². The first-order valence-corrected chi connectivity index (χ1v) is 8.62. The first-order chi connectivity index (χ1) is 12.7. The minimum absolute atomic E-state index is 0.0146. The number of hydrazine groups is 1. The molecule has 3 atom stereocenters. The summed E-state index contributed by atoms with van der Waals surface area (Å²) in [7, 11) is 1.84. The van der Waals surface area contributed by atoms with Crippen LogP contribution < -0.4 is 16.6 Å². The fraction of sp³-hybridized carbons (Fsp3) is 0.529. The molecule has 27 heavy (non-hydrogen) atoms. The molecule has 0 spiro atoms. The highest BCUT2D eigenvalue weighted by atomic mass is 19.4. The first kappa shape index (κ1) is 19.9. The molecule has 2 heterocycles. The quantitative estimate of drug-likeness (QED) is 0.273. The predicted octanol–water partition coefficient (Wildman–Crippen LogP) is 2.11. The van der Waals surface area contributed by atoms with Gasteiger partial charge in [0, 0.05) is 24.2 Å². The van der Waals surface area contributed by atoms with Crippen molar-refractivity contribution in [2.24, 2.45) is 5.84 Å². The van der Waals surface area contributed by atoms with Crippen LogP contribution in [-0.2, 0) is 6.54 Å². The molecule has 0 saturated carbocycles. The number of likely N-dealkylation sites (tertiary alicyclic amines) is 1. The third-order valence-corrected chi connectivity index (χ3v) is 4.84. The molecule has 0 bridgehead atoms. The molecule has 6 nitrogen and oxygen atoms in total. The summed E-state index contributed by atoms with van der Waals surface area (Å²) in [5.41, 5.74) is 2.85. The van der Waals surface area contributed by atoms with E-state index in [-0.39, 0.29) is 11.2 Å². The van der Waals surface area contributed by atoms with Gasteiger partial charge in [-0.2, -0.15) is 13.2 Å². The van der Waals surface area contributed by atoms with E-state index in [4.69, 9.17) is 5.84 Å². The maximum atomic E-state index is 14.3. The second-order valence-corrected chi connectivity index (χ2v) is 6.90. The van der Waals surface area contributed by atoms with Crippen molar-refractivity contribution in [1.29, 1.82) is 0 Å². The maximum Gasteiger partial charge on any atom is 0.406 e. The second-order valence-electron chi connectivity index (χ2n) is 6.90. The summed E-state index contributed by atoms with van der Waals surface area (Å²) in [6, 6.07) is 5.83. The molecule has 1 fully saturated rings. The highest BCUT2D eigenvalue weighted by Crippen LogP contribution is 2.33. The molecule has 1 unspecified atom stereocenters. The predicted molar refractivity (Wildman–Crippen MR) is 94.7 cm³/mol. The second kappa shape index (κ2) is 7.63. The molecule has 3 rings (SSSR count). The van der Waals surface area contributed by atoms with E-state index < -0.39 is 31.2 Å². The van der Waals surface area contributed by atoms with Gasteiger partial charge in [-0.25, -0.2) is 9.82 Å². The average Bonchev–Trinajstić information content (AvgIpc) is 2.94. The number of anilines is 1. The van der Waals surface area contributed by atoms with Crippen molar-refractivity contribution in [3.63, 3.8) is 0 Å². The highest BCUT2D eigenvalue weighted by Gasteiger charge is 2.32. The van der Waals surface area contributed by atoms with Crippen LogP contribution in [0, 0.1) is 0 Å². The van der Waals surface area contributed by atoms with Gasteiger partial charge in [0.15, 0.2) is 6.23 Å². The van der Waals surface area contributed by atoms with Crippen molar-refractivity contribution in [3.8, 4) is 0 Å². The Labute approximate surface area is 153 Å². The Kier molecular flexibility index (Phi) is 5.61. The number of hydrogen-bond acceptors (Lipinski definition) is 5. The van der Waals surface area contributed by atoms with Gasteiger partial charge < -0.3 is 19.9 Å². The van der Waals surface area contributed by atoms with E-state index in [0.717, 1.165) is 11.1 Å². The van der Waals surface area contributed by atoms with Crippen LogP contribution in [0.3, 0.4) is 0 Å². The van der Waals surface area contributed by atoms with Gasteiger partial charge in [-0.05, 0) is 31.7 Å². The molecule has 1 aliphatic heterocycles. The smallest absolute Gasteiger partial charge is 0.379 e. The molecule has 10 heteroatoms. The summed E-state index contributed by atoms with van der Waals surface area (Å²) in [6.45, 7) is -0.248. The minimum Gasteiger partial charge on any atom is -0.379 e. The largest absolute Gasteiger partial charge is 0.406 e. The van der Waals surface area contributed by atoms with E-state index in [1.54, 1.807) is 12.1 Å². The minimum atomic E-state index is -4.48. The van der Waals surface area contributed by atoms with E-state index in [0.29, 0.717) is 24.0 Å². The Bertz CT molecular complexity index is 793. The van der Waals surface area contributed by atoms with Crippen LogP contribution in [0.25, 0.3) is 10.9 Å². The third-order valence-electron chi connectivity index (χ3n) is 4.84. The van der Waals surface area contributed by atoms with Gasteiger partial charge >= 0.3 is 6.18 Å². The summed E-state index contributed by atoms with van der Waals surface area (Å²) in [6.07, 6.45) is -6.45. The van der Waals surface area contributed by atoms with Crippen molar-refractivity contribution in [2.75, 3.05) is 25.5 Å². The van der Waals surface area contributed by atoms with Gasteiger partial charge in [0.1, 0.15) is 12.7 Å². The Morgan fingerprint density at radius 2 is 2.11 bits per heavy atom. The molecule has 150 valence electrons. The molecule has 0 amide bonds. The normalized spacial score (nSPS) is 22.9. The monoisotopic (exact) mass is 389 g/mol. The van der Waals surface area contributed by atoms with Crippen molar-refractivity contribution in [2.45, 2.75) is 37.6 Å². The number of aliphatic hydroxyl groups is 1. The number of piperidine rings is 1. The van der Waals surface area contributed by atoms with Crippen molar-refractivity contribution < 1.29 is 22.7 Å². The topological polar surface area (TPSA) is 78.5 Å². The van der Waals surface area contributed by atoms with E-state index in [1.165, 1.54) is 12.1 Å². The molecule has 1 aliphatic rings. The maximum absolute atomic E-state index is 14.3. The standard InChI is InChI=1S/C17H23F4N5O/c1-25-6-5-13(11(18)8-25)23-12-3-2-4-14-10(12)7-15(16(27)24-22)26(14)9-17(19,20)21/h2-4,7,11,13,16,23-24,27H,5-6,8-9,22H2,1H3/t11-,13+,16?/m0/s1. The van der Waals surface area contributed by atoms with E-state index in [2.05, 4.69) is 10.7 Å². The Morgan fingerprint density at radius 3 is 2.74 bits per heavy atom. The van der Waals surface area contributed by atoms with Gasteiger partial charge in [0.05, 0.1) is 17.3 Å². The van der Waals surface area contributed by atoms with Crippen molar-refractivity contribution in [3.05, 3.63) is 30.0 Å². The van der Waals surface area contributed by atoms with Crippen LogP contribution in [-0.4, -0.2) is 53.1 Å². The lowest BCUT2D eigenvalue weighted by Gasteiger charge is -2.33. The number of benzene rings is 1. The molecule has 1 saturated heterocycles. The highest BCUT2D eigenvalue weighted by molar-refractivity contribution is 5.93. The Morgan fingerprint density at radius 1 is 1.37 bits per heavy atom. The molecule has 1 aromatic carbocycles. The number of fused-ring (bicyclic) bond motifs is 1. The number of aromatic nitrogens is 1. The van der Waals surface area contributed by atoms with Crippen LogP contribution in [0.15, 0.2) is 24.3 Å². The lowest BCUT2D eigenvalue weighted by Crippen LogP contribution is -2.46. The molecular weight excluding hydrogens is 366 g/mol. The summed E-state index contributed by atoms with van der Waals surface area (Å²) >= 11 is 0. The summed E-state index contributed by atoms with van der Waals surface area (Å²) in [5, 5.41) is 13.6. The third kappa shape index (κ3) is 4.34. The number of nitrogens with zero attached hydrogens (tertiary/aromatic N) is 2. The molecule has 0 aliphatic carbocycles. The number of alkyl halides is 4. The SMILES string of the molecule is CN1CC[C@@H](Nc2cccc3c2cc(C(O)NN)n3CC(F)(F)F)[C@@H](F)C1. The van der Waals surface area contributed by atoms with Crippen LogP contribution in [0.1, 0.15) is 18.3 Å². The molecule has 2 aromatic rings. The number of aliphatic hydroxyl groups excluding tert-OH is 1. The molecule has 5 N–H and O–H groups in total. The van der Waals surface area contributed by atoms with Gasteiger partial charge in [0.2, 0.25) is 0 Å². The van der Waals surface area contributed by atoms with Gasteiger partial charge in [-0.15, -0.1) is 0 Å². The lowest BCUT2D eigenvalue weighted by atomic mass is 10.0. The van der Waals surface area contributed by atoms with E-state index in [1.807, 2.05) is 11.9 Å². The zero-order chi connectivity index (χ0) is 19.8. The first-order valence-electron chi connectivity index (χ1n) is 8.62. The van der Waals surface area contributed by atoms with Gasteiger partial charge in [-0.3, -0.25) is 5.84 Å². The molecular formula is C17H23F4N5O. The fourth-order valence-electron chi connectivity index (χ4n) is 3.52. The zero-order valence-electron chi connectivity index (χ0n) is 14.8. The average molecular weight is 389 g/mol. The van der Waals surface area contributed by atoms with Crippen LogP contribution >= 0.6 is 0 Å². The summed E-state index contributed by atoms with van der Waals surface area (Å²) < 4.78 is 54.4. The number of nitrogens with one attached hydrogen (secondary N) is 2. The Hall–Kier alpha value is -1.88. The summed E-state index contributed by atoms with van der Waals surface area (Å²) in [5.74, 6) is 5.21. The summed E-state index contributed by atoms with van der Waals surface area (Å²) in [4.78, 5) is 1.89. The van der Waals surface area contributed by atoms with Crippen LogP contribution in [0.5, 0.6) is 0 Å². The van der Waals surface area contributed by atoms with Gasteiger partial charge in [-0.1, -0.05) is 6.07 Å². The molecule has 0 radical (unpaired) electrons. The van der Waals surface area contributed by atoms with Crippen molar-refractivity contribution >= 4 is 16.6 Å². The number of rotatable bonds is 5. The number of halogens is 4. The Balaban J connectivity index is 2.00. The van der Waals surface area contributed by atoms with Crippen LogP contribution in [0.2, 0.25) is 0 Å². The van der Waals surface area contributed by atoms with E-state index >= 15 is 0 Å².